The first-order valence-corrected chi connectivity index (χ1v) is 12.6. The van der Waals surface area contributed by atoms with Gasteiger partial charge in [-0.1, -0.05) is 23.5 Å². The third-order valence-electron chi connectivity index (χ3n) is 5.06. The molecular weight excluding hydrogens is 474 g/mol. The van der Waals surface area contributed by atoms with Gasteiger partial charge in [-0.05, 0) is 60.7 Å². The molecule has 1 N–H and O–H groups in total. The molecule has 4 rings (SSSR count). The van der Waals surface area contributed by atoms with Gasteiger partial charge in [-0.3, -0.25) is 9.52 Å². The van der Waals surface area contributed by atoms with Crippen LogP contribution in [0.1, 0.15) is 10.4 Å². The van der Waals surface area contributed by atoms with E-state index in [1.54, 1.807) is 31.4 Å². The maximum atomic E-state index is 12.8. The fourth-order valence-electron chi connectivity index (χ4n) is 3.31. The van der Waals surface area contributed by atoms with Gasteiger partial charge in [0.1, 0.15) is 5.75 Å². The van der Waals surface area contributed by atoms with Crippen LogP contribution < -0.4 is 14.3 Å². The van der Waals surface area contributed by atoms with E-state index in [1.807, 2.05) is 28.8 Å². The van der Waals surface area contributed by atoms with Gasteiger partial charge in [0, 0.05) is 24.9 Å². The third kappa shape index (κ3) is 5.19. The highest BCUT2D eigenvalue weighted by atomic mass is 32.2. The van der Waals surface area contributed by atoms with Crippen molar-refractivity contribution in [3.63, 3.8) is 0 Å². The van der Waals surface area contributed by atoms with E-state index < -0.39 is 15.9 Å². The number of thiazole rings is 1. The van der Waals surface area contributed by atoms with Crippen molar-refractivity contribution in [1.29, 1.82) is 0 Å². The minimum Gasteiger partial charge on any atom is -0.497 e. The Bertz CT molecular complexity index is 1470. The summed E-state index contributed by atoms with van der Waals surface area (Å²) in [4.78, 5) is 17.8. The number of anilines is 1. The molecule has 0 aliphatic heterocycles. The van der Waals surface area contributed by atoms with E-state index in [4.69, 9.17) is 9.47 Å². The molecule has 4 aromatic rings. The van der Waals surface area contributed by atoms with Gasteiger partial charge >= 0.3 is 0 Å². The maximum absolute atomic E-state index is 12.8. The molecule has 0 saturated carbocycles. The number of carbonyl (C=O) groups is 1. The second-order valence-electron chi connectivity index (χ2n) is 7.27. The van der Waals surface area contributed by atoms with E-state index in [1.165, 1.54) is 42.7 Å². The van der Waals surface area contributed by atoms with Crippen molar-refractivity contribution in [2.75, 3.05) is 25.5 Å². The van der Waals surface area contributed by atoms with E-state index >= 15 is 0 Å². The zero-order valence-corrected chi connectivity index (χ0v) is 20.2. The molecule has 8 nitrogen and oxygen atoms in total. The summed E-state index contributed by atoms with van der Waals surface area (Å²) in [6, 6.07) is 20.1. The largest absolute Gasteiger partial charge is 0.497 e. The first-order chi connectivity index (χ1) is 16.4. The molecule has 34 heavy (non-hydrogen) atoms. The first-order valence-electron chi connectivity index (χ1n) is 10.3. The summed E-state index contributed by atoms with van der Waals surface area (Å²) in [5.74, 6) is 0.148. The lowest BCUT2D eigenvalue weighted by atomic mass is 10.2. The number of aromatic nitrogens is 1. The average Bonchev–Trinajstić information content (AvgIpc) is 3.19. The minimum atomic E-state index is -3.78. The smallest absolute Gasteiger partial charge is 0.279 e. The van der Waals surface area contributed by atoms with Crippen LogP contribution >= 0.6 is 11.3 Å². The van der Waals surface area contributed by atoms with Gasteiger partial charge in [-0.2, -0.15) is 4.99 Å². The Kier molecular flexibility index (Phi) is 7.11. The van der Waals surface area contributed by atoms with E-state index in [9.17, 15) is 13.2 Å². The summed E-state index contributed by atoms with van der Waals surface area (Å²) in [5, 5.41) is 0. The summed E-state index contributed by atoms with van der Waals surface area (Å²) in [7, 11) is -0.640. The Balaban J connectivity index is 1.56. The van der Waals surface area contributed by atoms with Crippen LogP contribution in [0.15, 0.2) is 82.7 Å². The van der Waals surface area contributed by atoms with Crippen LogP contribution in [0.3, 0.4) is 0 Å². The Hall–Kier alpha value is -3.47. The van der Waals surface area contributed by atoms with Crippen molar-refractivity contribution in [2.45, 2.75) is 11.4 Å². The van der Waals surface area contributed by atoms with Crippen LogP contribution in [0.2, 0.25) is 0 Å². The van der Waals surface area contributed by atoms with Crippen LogP contribution in [0.4, 0.5) is 5.69 Å². The van der Waals surface area contributed by atoms with E-state index in [0.717, 1.165) is 10.2 Å². The van der Waals surface area contributed by atoms with Gasteiger partial charge in [-0.15, -0.1) is 0 Å². The Morgan fingerprint density at radius 3 is 2.38 bits per heavy atom. The number of fused-ring (bicyclic) bond motifs is 1. The van der Waals surface area contributed by atoms with Gasteiger partial charge < -0.3 is 14.0 Å². The number of hydrogen-bond acceptors (Lipinski definition) is 6. The van der Waals surface area contributed by atoms with Gasteiger partial charge in [0.25, 0.3) is 15.9 Å². The lowest BCUT2D eigenvalue weighted by molar-refractivity contribution is 0.0997. The SMILES string of the molecule is COCCn1c(=NC(=O)c2ccc(NS(=O)(=O)c3ccc(OC)cc3)cc2)sc2ccccc21. The highest BCUT2D eigenvalue weighted by molar-refractivity contribution is 7.92. The molecule has 176 valence electrons. The number of methoxy groups -OCH3 is 2. The number of carbonyl (C=O) groups excluding carboxylic acids is 1. The number of sulfonamides is 1. The molecule has 0 bridgehead atoms. The minimum absolute atomic E-state index is 0.105. The normalized spacial score (nSPS) is 12.1. The van der Waals surface area contributed by atoms with Crippen molar-refractivity contribution in [2.24, 2.45) is 4.99 Å². The van der Waals surface area contributed by atoms with Crippen molar-refractivity contribution in [1.82, 2.24) is 4.57 Å². The molecule has 0 saturated heterocycles. The molecular formula is C24H23N3O5S2. The average molecular weight is 498 g/mol. The summed E-state index contributed by atoms with van der Waals surface area (Å²) in [5.41, 5.74) is 1.67. The fourth-order valence-corrected chi connectivity index (χ4v) is 5.42. The summed E-state index contributed by atoms with van der Waals surface area (Å²) < 4.78 is 41.0. The molecule has 0 atom stereocenters. The van der Waals surface area contributed by atoms with E-state index in [2.05, 4.69) is 9.71 Å². The molecule has 1 aromatic heterocycles. The number of nitrogens with zero attached hydrogens (tertiary/aromatic N) is 2. The molecule has 1 heterocycles. The highest BCUT2D eigenvalue weighted by Gasteiger charge is 2.15. The van der Waals surface area contributed by atoms with Crippen molar-refractivity contribution in [3.8, 4) is 5.75 Å². The third-order valence-corrected chi connectivity index (χ3v) is 7.51. The number of nitrogens with one attached hydrogen (secondary N) is 1. The molecule has 0 spiro atoms. The first kappa shape index (κ1) is 23.7. The number of ether oxygens (including phenoxy) is 2. The Morgan fingerprint density at radius 2 is 1.71 bits per heavy atom. The summed E-state index contributed by atoms with van der Waals surface area (Å²) in [6.45, 7) is 1.06. The molecule has 3 aromatic carbocycles. The number of para-hydroxylation sites is 1. The van der Waals surface area contributed by atoms with Gasteiger partial charge in [0.15, 0.2) is 4.80 Å². The van der Waals surface area contributed by atoms with Crippen molar-refractivity contribution >= 4 is 43.2 Å². The molecule has 0 radical (unpaired) electrons. The predicted octanol–water partition coefficient (Wildman–Crippen LogP) is 3.90. The topological polar surface area (TPSA) is 99.0 Å². The summed E-state index contributed by atoms with van der Waals surface area (Å²) in [6.07, 6.45) is 0. The second kappa shape index (κ2) is 10.2. The zero-order valence-electron chi connectivity index (χ0n) is 18.6. The second-order valence-corrected chi connectivity index (χ2v) is 9.96. The van der Waals surface area contributed by atoms with Crippen molar-refractivity contribution < 1.29 is 22.7 Å². The predicted molar refractivity (Wildman–Crippen MR) is 132 cm³/mol. The van der Waals surface area contributed by atoms with Crippen LogP contribution in [0, 0.1) is 0 Å². The van der Waals surface area contributed by atoms with E-state index in [0.29, 0.717) is 35.0 Å². The molecule has 0 aliphatic carbocycles. The number of benzene rings is 3. The number of amides is 1. The number of rotatable bonds is 8. The van der Waals surface area contributed by atoms with Gasteiger partial charge in [-0.25, -0.2) is 8.42 Å². The molecule has 1 amide bonds. The van der Waals surface area contributed by atoms with E-state index in [-0.39, 0.29) is 4.90 Å². The molecule has 10 heteroatoms. The molecule has 0 fully saturated rings. The molecule has 0 unspecified atom stereocenters. The molecule has 0 aliphatic rings. The maximum Gasteiger partial charge on any atom is 0.279 e. The van der Waals surface area contributed by atoms with Crippen LogP contribution in [0.5, 0.6) is 5.75 Å². The Morgan fingerprint density at radius 1 is 1.00 bits per heavy atom. The quantitative estimate of drug-likeness (QED) is 0.398. The van der Waals surface area contributed by atoms with Crippen molar-refractivity contribution in [3.05, 3.63) is 83.2 Å². The highest BCUT2D eigenvalue weighted by Crippen LogP contribution is 2.20. The van der Waals surface area contributed by atoms with Crippen LogP contribution in [0.25, 0.3) is 10.2 Å². The van der Waals surface area contributed by atoms with Gasteiger partial charge in [0.2, 0.25) is 0 Å². The summed E-state index contributed by atoms with van der Waals surface area (Å²) >= 11 is 1.43. The monoisotopic (exact) mass is 497 g/mol. The lowest BCUT2D eigenvalue weighted by Crippen LogP contribution is -2.19. The standard InChI is InChI=1S/C24H23N3O5S2/c1-31-16-15-27-21-5-3-4-6-22(21)33-24(27)25-23(28)17-7-9-18(10-8-17)26-34(29,30)20-13-11-19(32-2)12-14-20/h3-14,26H,15-16H2,1-2H3. The van der Waals surface area contributed by atoms with Crippen LogP contribution in [-0.4, -0.2) is 39.7 Å². The van der Waals surface area contributed by atoms with Crippen LogP contribution in [-0.2, 0) is 21.3 Å². The van der Waals surface area contributed by atoms with Gasteiger partial charge in [0.05, 0.1) is 28.8 Å². The number of hydrogen-bond donors (Lipinski definition) is 1. The zero-order chi connectivity index (χ0) is 24.1. The fraction of sp³-hybridized carbons (Fsp3) is 0.167. The lowest BCUT2D eigenvalue weighted by Gasteiger charge is -2.09. The Labute approximate surface area is 201 Å².